The van der Waals surface area contributed by atoms with Crippen LogP contribution in [0.15, 0.2) is 243 Å². The van der Waals surface area contributed by atoms with Crippen LogP contribution in [0, 0.1) is 0 Å². The molecule has 0 spiro atoms. The van der Waals surface area contributed by atoms with Crippen molar-refractivity contribution in [3.8, 4) is 33.4 Å². The van der Waals surface area contributed by atoms with E-state index in [9.17, 15) is 0 Å². The number of rotatable bonds is 12. The van der Waals surface area contributed by atoms with Crippen molar-refractivity contribution >= 4 is 39.7 Å². The second-order valence-electron chi connectivity index (χ2n) is 13.8. The minimum Gasteiger partial charge on any atom is -0.311 e. The first-order valence-electron chi connectivity index (χ1n) is 19.4. The maximum Gasteiger partial charge on any atom is 0.0463 e. The highest BCUT2D eigenvalue weighted by Gasteiger charge is 2.17. The Morgan fingerprint density at radius 3 is 0.895 bits per heavy atom. The topological polar surface area (TPSA) is 6.48 Å². The van der Waals surface area contributed by atoms with E-state index in [0.717, 1.165) is 45.3 Å². The number of nitrogens with zero attached hydrogens (tertiary/aromatic N) is 2. The molecule has 0 saturated heterocycles. The molecule has 8 aromatic rings. The van der Waals surface area contributed by atoms with Crippen LogP contribution < -0.4 is 9.80 Å². The van der Waals surface area contributed by atoms with Gasteiger partial charge in [-0.2, -0.15) is 0 Å². The van der Waals surface area contributed by atoms with Gasteiger partial charge in [-0.15, -0.1) is 0 Å². The first-order chi connectivity index (χ1) is 28.2. The number of benzene rings is 8. The average molecular weight is 733 g/mol. The molecule has 57 heavy (non-hydrogen) atoms. The zero-order chi connectivity index (χ0) is 38.8. The second-order valence-corrected chi connectivity index (χ2v) is 13.8. The number of hydrogen-bond acceptors (Lipinski definition) is 2. The molecule has 8 rings (SSSR count). The van der Waals surface area contributed by atoms with E-state index >= 15 is 0 Å². The third-order valence-electron chi connectivity index (χ3n) is 10.2. The third-order valence-corrected chi connectivity index (χ3v) is 10.2. The molecule has 2 nitrogen and oxygen atoms in total. The summed E-state index contributed by atoms with van der Waals surface area (Å²) in [7, 11) is 0. The van der Waals surface area contributed by atoms with E-state index < -0.39 is 0 Å². The summed E-state index contributed by atoms with van der Waals surface area (Å²) >= 11 is 0. The van der Waals surface area contributed by atoms with Gasteiger partial charge in [-0.3, -0.25) is 0 Å². The lowest BCUT2D eigenvalue weighted by atomic mass is 10.0. The van der Waals surface area contributed by atoms with Gasteiger partial charge in [0.15, 0.2) is 0 Å². The predicted molar refractivity (Wildman–Crippen MR) is 245 cm³/mol. The Labute approximate surface area is 337 Å². The Morgan fingerprint density at radius 1 is 0.351 bits per heavy atom. The predicted octanol–water partition coefficient (Wildman–Crippen LogP) is 15.8. The Hall–Kier alpha value is -7.42. The summed E-state index contributed by atoms with van der Waals surface area (Å²) < 4.78 is 0. The molecule has 0 radical (unpaired) electrons. The lowest BCUT2D eigenvalue weighted by molar-refractivity contribution is 1.25. The first kappa shape index (κ1) is 36.6. The molecular weight excluding hydrogens is 689 g/mol. The monoisotopic (exact) mass is 732 g/mol. The van der Waals surface area contributed by atoms with Crippen LogP contribution in [-0.2, 0) is 0 Å². The summed E-state index contributed by atoms with van der Waals surface area (Å²) in [5.41, 5.74) is 15.9. The SMILES string of the molecule is C=C/C=C\C(=C/C)c1ccc(N(c2ccc(-c3ccccc3)cc2)c2ccc(N(c3ccc(-c4ccccc4)cc3)c3ccc(-c4ccccc4)cc3)cc2)cc1. The van der Waals surface area contributed by atoms with Crippen molar-refractivity contribution in [2.75, 3.05) is 9.80 Å². The van der Waals surface area contributed by atoms with Gasteiger partial charge in [-0.05, 0) is 124 Å². The van der Waals surface area contributed by atoms with E-state index in [4.69, 9.17) is 0 Å². The van der Waals surface area contributed by atoms with Crippen molar-refractivity contribution in [2.45, 2.75) is 6.92 Å². The second kappa shape index (κ2) is 17.4. The molecule has 0 saturated carbocycles. The largest absolute Gasteiger partial charge is 0.311 e. The quantitative estimate of drug-likeness (QED) is 0.115. The zero-order valence-electron chi connectivity index (χ0n) is 32.1. The minimum atomic E-state index is 1.07. The minimum absolute atomic E-state index is 1.07. The van der Waals surface area contributed by atoms with Gasteiger partial charge in [0.05, 0.1) is 0 Å². The summed E-state index contributed by atoms with van der Waals surface area (Å²) in [6, 6.07) is 75.8. The van der Waals surface area contributed by atoms with E-state index in [-0.39, 0.29) is 0 Å². The summed E-state index contributed by atoms with van der Waals surface area (Å²) in [5, 5.41) is 0. The number of anilines is 6. The highest BCUT2D eigenvalue weighted by atomic mass is 15.2. The summed E-state index contributed by atoms with van der Waals surface area (Å²) in [6.07, 6.45) is 8.01. The lowest BCUT2D eigenvalue weighted by Gasteiger charge is -2.29. The van der Waals surface area contributed by atoms with E-state index in [1.807, 2.05) is 12.2 Å². The Kier molecular flexibility index (Phi) is 11.1. The highest BCUT2D eigenvalue weighted by Crippen LogP contribution is 2.41. The average Bonchev–Trinajstić information content (AvgIpc) is 3.29. The van der Waals surface area contributed by atoms with Crippen molar-refractivity contribution in [3.63, 3.8) is 0 Å². The third kappa shape index (κ3) is 8.32. The maximum atomic E-state index is 3.85. The number of hydrogen-bond donors (Lipinski definition) is 0. The van der Waals surface area contributed by atoms with Crippen LogP contribution in [-0.4, -0.2) is 0 Å². The van der Waals surface area contributed by atoms with Crippen molar-refractivity contribution in [1.29, 1.82) is 0 Å². The first-order valence-corrected chi connectivity index (χ1v) is 19.4. The van der Waals surface area contributed by atoms with Crippen molar-refractivity contribution < 1.29 is 0 Å². The van der Waals surface area contributed by atoms with Gasteiger partial charge >= 0.3 is 0 Å². The van der Waals surface area contributed by atoms with Crippen molar-refractivity contribution in [2.24, 2.45) is 0 Å². The van der Waals surface area contributed by atoms with Crippen LogP contribution in [0.5, 0.6) is 0 Å². The normalized spacial score (nSPS) is 11.4. The van der Waals surface area contributed by atoms with Gasteiger partial charge in [0.1, 0.15) is 0 Å². The van der Waals surface area contributed by atoms with E-state index in [1.165, 1.54) is 33.4 Å². The molecule has 0 aliphatic carbocycles. The molecule has 0 heterocycles. The van der Waals surface area contributed by atoms with Crippen LogP contribution in [0.1, 0.15) is 12.5 Å². The Morgan fingerprint density at radius 2 is 0.614 bits per heavy atom. The standard InChI is InChI=1S/C55H44N2/c1-3-5-15-42(4-2)46-22-30-50(31-23-46)56(51-32-24-47(25-33-51)43-16-9-6-10-17-43)54-38-40-55(41-39-54)57(52-34-26-48(27-35-52)44-18-11-7-12-19-44)53-36-28-49(29-37-53)45-20-13-8-14-21-45/h3-41H,1H2,2H3/b15-5-,42-4+. The Bertz CT molecular complexity index is 2490. The fourth-order valence-corrected chi connectivity index (χ4v) is 7.28. The zero-order valence-corrected chi connectivity index (χ0v) is 32.1. The van der Waals surface area contributed by atoms with Crippen LogP contribution in [0.25, 0.3) is 39.0 Å². The van der Waals surface area contributed by atoms with Crippen LogP contribution in [0.3, 0.4) is 0 Å². The van der Waals surface area contributed by atoms with E-state index in [1.54, 1.807) is 0 Å². The molecule has 8 aromatic carbocycles. The molecule has 0 N–H and O–H groups in total. The molecule has 0 unspecified atom stereocenters. The molecule has 0 bridgehead atoms. The lowest BCUT2D eigenvalue weighted by Crippen LogP contribution is -2.12. The van der Waals surface area contributed by atoms with Gasteiger partial charge in [0, 0.05) is 34.1 Å². The molecule has 0 fully saturated rings. The molecule has 274 valence electrons. The van der Waals surface area contributed by atoms with Crippen LogP contribution in [0.2, 0.25) is 0 Å². The summed E-state index contributed by atoms with van der Waals surface area (Å²) in [5.74, 6) is 0. The molecule has 2 heteroatoms. The fourth-order valence-electron chi connectivity index (χ4n) is 7.28. The van der Waals surface area contributed by atoms with E-state index in [2.05, 4.69) is 248 Å². The van der Waals surface area contributed by atoms with Gasteiger partial charge < -0.3 is 9.80 Å². The summed E-state index contributed by atoms with van der Waals surface area (Å²) in [6.45, 7) is 5.91. The van der Waals surface area contributed by atoms with Crippen molar-refractivity contribution in [3.05, 3.63) is 249 Å². The van der Waals surface area contributed by atoms with Crippen molar-refractivity contribution in [1.82, 2.24) is 0 Å². The number of allylic oxidation sites excluding steroid dienone is 5. The van der Waals surface area contributed by atoms with Gasteiger partial charge in [0.25, 0.3) is 0 Å². The molecular formula is C55H44N2. The molecule has 0 aliphatic rings. The molecule has 0 aromatic heterocycles. The van der Waals surface area contributed by atoms with Crippen LogP contribution >= 0.6 is 0 Å². The molecule has 0 aliphatic heterocycles. The maximum absolute atomic E-state index is 3.85. The molecule has 0 amide bonds. The fraction of sp³-hybridized carbons (Fsp3) is 0.0182. The van der Waals surface area contributed by atoms with Gasteiger partial charge in [-0.25, -0.2) is 0 Å². The van der Waals surface area contributed by atoms with Gasteiger partial charge in [0.2, 0.25) is 0 Å². The van der Waals surface area contributed by atoms with Crippen LogP contribution in [0.4, 0.5) is 34.1 Å². The highest BCUT2D eigenvalue weighted by molar-refractivity contribution is 5.84. The summed E-state index contributed by atoms with van der Waals surface area (Å²) in [4.78, 5) is 4.65. The molecule has 0 atom stereocenters. The van der Waals surface area contributed by atoms with Gasteiger partial charge in [-0.1, -0.05) is 170 Å². The smallest absolute Gasteiger partial charge is 0.0463 e. The Balaban J connectivity index is 1.18. The van der Waals surface area contributed by atoms with E-state index in [0.29, 0.717) is 0 Å².